The van der Waals surface area contributed by atoms with Crippen molar-refractivity contribution in [3.8, 4) is 11.8 Å². The van der Waals surface area contributed by atoms with Crippen molar-refractivity contribution in [1.29, 1.82) is 0 Å². The summed E-state index contributed by atoms with van der Waals surface area (Å²) in [6.45, 7) is 4.78. The van der Waals surface area contributed by atoms with E-state index in [0.29, 0.717) is 55.2 Å². The topological polar surface area (TPSA) is 97.4 Å². The van der Waals surface area contributed by atoms with Crippen LogP contribution in [0.1, 0.15) is 47.4 Å². The molecule has 0 unspecified atom stereocenters. The predicted octanol–water partition coefficient (Wildman–Crippen LogP) is 4.89. The molecule has 8 nitrogen and oxygen atoms in total. The summed E-state index contributed by atoms with van der Waals surface area (Å²) in [5, 5.41) is 9.28. The number of nitrogens with zero attached hydrogens (tertiary/aromatic N) is 2. The third-order valence-electron chi connectivity index (χ3n) is 6.31. The number of ether oxygens (including phenoxy) is 2. The van der Waals surface area contributed by atoms with E-state index in [1.807, 2.05) is 13.8 Å². The van der Waals surface area contributed by atoms with Gasteiger partial charge in [0.15, 0.2) is 6.61 Å². The molecule has 12 heteroatoms. The van der Waals surface area contributed by atoms with Crippen LogP contribution in [0, 0.1) is 11.2 Å². The molecule has 3 aromatic rings. The first-order valence-electron chi connectivity index (χ1n) is 13.3. The van der Waals surface area contributed by atoms with Crippen molar-refractivity contribution in [3.63, 3.8) is 0 Å². The lowest BCUT2D eigenvalue weighted by molar-refractivity contribution is -0.154. The molecular formula is C29H33F4N5O3. The van der Waals surface area contributed by atoms with Crippen LogP contribution in [0.2, 0.25) is 0 Å². The number of carbonyl (C=O) groups excluding carboxylic acids is 1. The molecule has 5 heterocycles. The Morgan fingerprint density at radius 1 is 1.02 bits per heavy atom. The Kier molecular flexibility index (Phi) is 9.64. The molecule has 4 aliphatic heterocycles. The SMILES string of the molecule is CC1(C)CNCCCOc2ccc(c(F)c2)CNc2cc(nc(OCC(F)(F)F)n2)Cc2ccc(cc2)C(=O)NC1. The van der Waals surface area contributed by atoms with E-state index in [2.05, 4.69) is 25.9 Å². The van der Waals surface area contributed by atoms with E-state index >= 15 is 0 Å². The summed E-state index contributed by atoms with van der Waals surface area (Å²) >= 11 is 0. The third kappa shape index (κ3) is 9.59. The third-order valence-corrected chi connectivity index (χ3v) is 6.31. The number of hydrogen-bond donors (Lipinski definition) is 3. The number of aromatic nitrogens is 2. The van der Waals surface area contributed by atoms with Crippen LogP contribution in [-0.4, -0.2) is 54.9 Å². The Labute approximate surface area is 235 Å². The Hall–Kier alpha value is -3.93. The molecule has 220 valence electrons. The molecule has 7 rings (SSSR count). The smallest absolute Gasteiger partial charge is 0.422 e. The molecule has 0 radical (unpaired) electrons. The zero-order valence-corrected chi connectivity index (χ0v) is 22.9. The van der Waals surface area contributed by atoms with Gasteiger partial charge in [-0.15, -0.1) is 0 Å². The van der Waals surface area contributed by atoms with E-state index in [1.165, 1.54) is 6.07 Å². The highest BCUT2D eigenvalue weighted by atomic mass is 19.4. The average molecular weight is 576 g/mol. The van der Waals surface area contributed by atoms with Gasteiger partial charge in [-0.2, -0.15) is 23.1 Å². The summed E-state index contributed by atoms with van der Waals surface area (Å²) in [6.07, 6.45) is -3.63. The van der Waals surface area contributed by atoms with Gasteiger partial charge in [-0.05, 0) is 42.1 Å². The zero-order chi connectivity index (χ0) is 29.5. The van der Waals surface area contributed by atoms with Gasteiger partial charge in [-0.25, -0.2) is 4.39 Å². The lowest BCUT2D eigenvalue weighted by atomic mass is 9.93. The molecule has 0 saturated carbocycles. The maximum Gasteiger partial charge on any atom is 0.422 e. The molecular weight excluding hydrogens is 542 g/mol. The Morgan fingerprint density at radius 3 is 2.54 bits per heavy atom. The van der Waals surface area contributed by atoms with E-state index in [0.717, 1.165) is 5.56 Å². The standard InChI is InChI=1S/C29H33F4N5O3/c1-28(2)16-34-10-3-11-40-23-9-8-21(24(30)14-23)15-35-25-13-22(37-27(38-25)41-18-29(31,32)33)12-19-4-6-20(7-5-19)26(39)36-17-28/h4-9,13-14,34H,3,10-12,15-18H2,1-2H3,(H,36,39)(H,35,37,38). The molecule has 3 N–H and O–H groups in total. The van der Waals surface area contributed by atoms with Gasteiger partial charge in [-0.1, -0.05) is 32.0 Å². The van der Waals surface area contributed by atoms with Crippen LogP contribution in [0.4, 0.5) is 23.4 Å². The second kappa shape index (κ2) is 13.2. The first-order valence-corrected chi connectivity index (χ1v) is 13.3. The van der Waals surface area contributed by atoms with E-state index in [4.69, 9.17) is 9.47 Å². The molecule has 0 spiro atoms. The number of rotatable bonds is 2. The fraction of sp³-hybridized carbons (Fsp3) is 0.414. The second-order valence-corrected chi connectivity index (χ2v) is 10.6. The van der Waals surface area contributed by atoms with Gasteiger partial charge < -0.3 is 25.4 Å². The lowest BCUT2D eigenvalue weighted by Gasteiger charge is -2.25. The summed E-state index contributed by atoms with van der Waals surface area (Å²) in [7, 11) is 0. The molecule has 1 amide bonds. The van der Waals surface area contributed by atoms with Crippen LogP contribution in [0.5, 0.6) is 11.8 Å². The van der Waals surface area contributed by atoms with Crippen molar-refractivity contribution in [1.82, 2.24) is 20.6 Å². The summed E-state index contributed by atoms with van der Waals surface area (Å²) in [4.78, 5) is 20.9. The van der Waals surface area contributed by atoms with E-state index in [-0.39, 0.29) is 30.1 Å². The van der Waals surface area contributed by atoms with Crippen LogP contribution >= 0.6 is 0 Å². The number of alkyl halides is 3. The number of nitrogens with one attached hydrogen (secondary N) is 3. The van der Waals surface area contributed by atoms with Gasteiger partial charge in [0.1, 0.15) is 17.4 Å². The number of halogens is 4. The van der Waals surface area contributed by atoms with Crippen molar-refractivity contribution in [2.45, 2.75) is 39.4 Å². The quantitative estimate of drug-likeness (QED) is 0.375. The van der Waals surface area contributed by atoms with Crippen molar-refractivity contribution >= 4 is 11.7 Å². The van der Waals surface area contributed by atoms with Crippen molar-refractivity contribution in [2.75, 3.05) is 38.2 Å². The highest BCUT2D eigenvalue weighted by molar-refractivity contribution is 5.94. The van der Waals surface area contributed by atoms with Crippen molar-refractivity contribution in [3.05, 3.63) is 76.7 Å². The average Bonchev–Trinajstić information content (AvgIpc) is 2.91. The molecule has 0 fully saturated rings. The van der Waals surface area contributed by atoms with Crippen molar-refractivity contribution < 1.29 is 31.8 Å². The van der Waals surface area contributed by atoms with Crippen LogP contribution in [0.3, 0.4) is 0 Å². The van der Waals surface area contributed by atoms with Crippen LogP contribution < -0.4 is 25.4 Å². The summed E-state index contributed by atoms with van der Waals surface area (Å²) in [6, 6.07) is 12.5. The van der Waals surface area contributed by atoms with Gasteiger partial charge in [-0.3, -0.25) is 4.79 Å². The molecule has 4 aliphatic rings. The van der Waals surface area contributed by atoms with Crippen LogP contribution in [0.25, 0.3) is 0 Å². The largest absolute Gasteiger partial charge is 0.493 e. The fourth-order valence-electron chi connectivity index (χ4n) is 4.09. The molecule has 0 saturated heterocycles. The number of amides is 1. The van der Waals surface area contributed by atoms with Crippen LogP contribution in [0.15, 0.2) is 48.5 Å². The van der Waals surface area contributed by atoms with E-state index < -0.39 is 24.6 Å². The molecule has 1 aromatic heterocycles. The maximum absolute atomic E-state index is 14.8. The highest BCUT2D eigenvalue weighted by Crippen LogP contribution is 2.22. The Balaban J connectivity index is 1.59. The molecule has 2 aromatic carbocycles. The first-order chi connectivity index (χ1) is 19.5. The molecule has 41 heavy (non-hydrogen) atoms. The normalized spacial score (nSPS) is 16.7. The van der Waals surface area contributed by atoms with Gasteiger partial charge in [0.05, 0.1) is 12.3 Å². The fourth-order valence-corrected chi connectivity index (χ4v) is 4.09. The van der Waals surface area contributed by atoms with Gasteiger partial charge >= 0.3 is 12.2 Å². The number of anilines is 1. The number of hydrogen-bond acceptors (Lipinski definition) is 7. The zero-order valence-electron chi connectivity index (χ0n) is 22.9. The van der Waals surface area contributed by atoms with E-state index in [9.17, 15) is 22.4 Å². The van der Waals surface area contributed by atoms with Gasteiger partial charge in [0.2, 0.25) is 0 Å². The van der Waals surface area contributed by atoms with E-state index in [1.54, 1.807) is 42.5 Å². The minimum atomic E-state index is -4.57. The highest BCUT2D eigenvalue weighted by Gasteiger charge is 2.29. The monoisotopic (exact) mass is 575 g/mol. The minimum absolute atomic E-state index is 0.0186. The number of benzene rings is 2. The molecule has 6 bridgehead atoms. The molecule has 0 atom stereocenters. The summed E-state index contributed by atoms with van der Waals surface area (Å²) in [5.74, 6) is -0.134. The number of carbonyl (C=O) groups is 1. The Morgan fingerprint density at radius 2 is 1.80 bits per heavy atom. The second-order valence-electron chi connectivity index (χ2n) is 10.6. The van der Waals surface area contributed by atoms with Crippen molar-refractivity contribution in [2.24, 2.45) is 5.41 Å². The lowest BCUT2D eigenvalue weighted by Crippen LogP contribution is -2.40. The first kappa shape index (κ1) is 30.0. The molecule has 0 aliphatic carbocycles. The van der Waals surface area contributed by atoms with Gasteiger partial charge in [0.25, 0.3) is 5.91 Å². The maximum atomic E-state index is 14.8. The minimum Gasteiger partial charge on any atom is -0.493 e. The predicted molar refractivity (Wildman–Crippen MR) is 146 cm³/mol. The summed E-state index contributed by atoms with van der Waals surface area (Å²) in [5.41, 5.74) is 1.75. The van der Waals surface area contributed by atoms with Gasteiger partial charge in [0, 0.05) is 49.3 Å². The van der Waals surface area contributed by atoms with Crippen LogP contribution in [-0.2, 0) is 13.0 Å². The summed E-state index contributed by atoms with van der Waals surface area (Å²) < 4.78 is 63.6. The Bertz CT molecular complexity index is 1330.